The molecule has 1 amide bonds. The molecule has 0 aliphatic heterocycles. The van der Waals surface area contributed by atoms with Crippen molar-refractivity contribution in [2.24, 2.45) is 0 Å². The zero-order valence-electron chi connectivity index (χ0n) is 13.9. The Kier molecular flexibility index (Phi) is 5.04. The average Bonchev–Trinajstić information content (AvgIpc) is 3.02. The Morgan fingerprint density at radius 2 is 2.04 bits per heavy atom. The van der Waals surface area contributed by atoms with Crippen LogP contribution in [-0.4, -0.2) is 21.6 Å². The molecule has 2 aromatic rings. The van der Waals surface area contributed by atoms with E-state index < -0.39 is 0 Å². The van der Waals surface area contributed by atoms with Gasteiger partial charge in [0.1, 0.15) is 0 Å². The molecular weight excluding hydrogens is 322 g/mol. The average molecular weight is 343 g/mol. The second-order valence-corrected chi connectivity index (χ2v) is 7.23. The summed E-state index contributed by atoms with van der Waals surface area (Å²) >= 11 is 1.26. The molecule has 2 N–H and O–H groups in total. The normalized spacial score (nSPS) is 13.1. The highest BCUT2D eigenvalue weighted by Gasteiger charge is 2.17. The standard InChI is InChI=1S/C18H21N3O2S/c1-11(2)12-6-8-13(9-7-12)19-16(22)10-24-18-20-15-5-3-4-14(15)17(23)21-18/h6-9,11H,3-5,10H2,1-2H3,(H,19,22)(H,20,21,23). The Balaban J connectivity index is 1.58. The highest BCUT2D eigenvalue weighted by atomic mass is 32.2. The molecule has 3 rings (SSSR count). The molecule has 0 fully saturated rings. The third kappa shape index (κ3) is 3.87. The maximum atomic E-state index is 12.1. The molecule has 0 unspecified atom stereocenters. The van der Waals surface area contributed by atoms with E-state index in [1.807, 2.05) is 24.3 Å². The number of thioether (sulfide) groups is 1. The molecule has 0 bridgehead atoms. The molecule has 6 heteroatoms. The fourth-order valence-electron chi connectivity index (χ4n) is 2.77. The molecule has 1 heterocycles. The quantitative estimate of drug-likeness (QED) is 0.646. The number of aromatic nitrogens is 2. The molecule has 1 aromatic heterocycles. The first-order chi connectivity index (χ1) is 11.5. The second-order valence-electron chi connectivity index (χ2n) is 6.26. The van der Waals surface area contributed by atoms with Crippen LogP contribution in [0.5, 0.6) is 0 Å². The van der Waals surface area contributed by atoms with E-state index in [1.165, 1.54) is 17.3 Å². The smallest absolute Gasteiger partial charge is 0.254 e. The van der Waals surface area contributed by atoms with Crippen LogP contribution in [0.15, 0.2) is 34.2 Å². The Labute approximate surface area is 145 Å². The van der Waals surface area contributed by atoms with Gasteiger partial charge in [0.2, 0.25) is 5.91 Å². The van der Waals surface area contributed by atoms with Gasteiger partial charge in [0.05, 0.1) is 11.4 Å². The van der Waals surface area contributed by atoms with Gasteiger partial charge >= 0.3 is 0 Å². The van der Waals surface area contributed by atoms with Crippen molar-refractivity contribution in [2.45, 2.75) is 44.2 Å². The van der Waals surface area contributed by atoms with Crippen molar-refractivity contribution in [1.29, 1.82) is 0 Å². The lowest BCUT2D eigenvalue weighted by molar-refractivity contribution is -0.113. The van der Waals surface area contributed by atoms with Gasteiger partial charge in [-0.05, 0) is 42.9 Å². The lowest BCUT2D eigenvalue weighted by Gasteiger charge is -2.08. The molecule has 5 nitrogen and oxygen atoms in total. The summed E-state index contributed by atoms with van der Waals surface area (Å²) in [4.78, 5) is 31.2. The number of H-pyrrole nitrogens is 1. The third-order valence-corrected chi connectivity index (χ3v) is 4.99. The zero-order chi connectivity index (χ0) is 17.1. The van der Waals surface area contributed by atoms with Gasteiger partial charge in [-0.2, -0.15) is 0 Å². The van der Waals surface area contributed by atoms with Crippen LogP contribution in [0.25, 0.3) is 0 Å². The monoisotopic (exact) mass is 343 g/mol. The molecule has 0 atom stereocenters. The molecule has 126 valence electrons. The number of amides is 1. The van der Waals surface area contributed by atoms with E-state index in [2.05, 4.69) is 29.1 Å². The first-order valence-electron chi connectivity index (χ1n) is 8.17. The van der Waals surface area contributed by atoms with E-state index in [4.69, 9.17) is 0 Å². The van der Waals surface area contributed by atoms with Crippen molar-refractivity contribution in [3.63, 3.8) is 0 Å². The number of benzene rings is 1. The van der Waals surface area contributed by atoms with Gasteiger partial charge in [0.25, 0.3) is 5.56 Å². The molecule has 1 aliphatic carbocycles. The topological polar surface area (TPSA) is 74.8 Å². The summed E-state index contributed by atoms with van der Waals surface area (Å²) in [5.41, 5.74) is 3.63. The van der Waals surface area contributed by atoms with Crippen LogP contribution in [-0.2, 0) is 17.6 Å². The van der Waals surface area contributed by atoms with E-state index in [-0.39, 0.29) is 17.2 Å². The summed E-state index contributed by atoms with van der Waals surface area (Å²) in [7, 11) is 0. The number of hydrogen-bond acceptors (Lipinski definition) is 4. The predicted molar refractivity (Wildman–Crippen MR) is 96.8 cm³/mol. The van der Waals surface area contributed by atoms with Gasteiger partial charge < -0.3 is 10.3 Å². The second kappa shape index (κ2) is 7.21. The molecule has 0 radical (unpaired) electrons. The highest BCUT2D eigenvalue weighted by Crippen LogP contribution is 2.20. The minimum Gasteiger partial charge on any atom is -0.325 e. The number of carbonyl (C=O) groups excluding carboxylic acids is 1. The first kappa shape index (κ1) is 16.8. The van der Waals surface area contributed by atoms with Crippen LogP contribution in [0.4, 0.5) is 5.69 Å². The van der Waals surface area contributed by atoms with Crippen LogP contribution < -0.4 is 10.9 Å². The molecule has 0 spiro atoms. The van der Waals surface area contributed by atoms with Crippen molar-refractivity contribution in [2.75, 3.05) is 11.1 Å². The summed E-state index contributed by atoms with van der Waals surface area (Å²) in [6.45, 7) is 4.27. The number of fused-ring (bicyclic) bond motifs is 1. The number of nitrogens with zero attached hydrogens (tertiary/aromatic N) is 1. The van der Waals surface area contributed by atoms with Gasteiger partial charge in [-0.3, -0.25) is 9.59 Å². The van der Waals surface area contributed by atoms with Crippen LogP contribution in [0.1, 0.15) is 43.0 Å². The number of anilines is 1. The summed E-state index contributed by atoms with van der Waals surface area (Å²) in [6, 6.07) is 7.86. The lowest BCUT2D eigenvalue weighted by atomic mass is 10.0. The molecular formula is C18H21N3O2S. The maximum absolute atomic E-state index is 12.1. The Morgan fingerprint density at radius 1 is 1.29 bits per heavy atom. The molecule has 0 saturated carbocycles. The van der Waals surface area contributed by atoms with Crippen molar-refractivity contribution < 1.29 is 4.79 Å². The van der Waals surface area contributed by atoms with Crippen LogP contribution in [0.3, 0.4) is 0 Å². The number of carbonyl (C=O) groups is 1. The summed E-state index contributed by atoms with van der Waals surface area (Å²) < 4.78 is 0. The summed E-state index contributed by atoms with van der Waals surface area (Å²) in [5.74, 6) is 0.571. The minimum atomic E-state index is -0.111. The highest BCUT2D eigenvalue weighted by molar-refractivity contribution is 7.99. The largest absolute Gasteiger partial charge is 0.325 e. The zero-order valence-corrected chi connectivity index (χ0v) is 14.7. The van der Waals surface area contributed by atoms with Gasteiger partial charge in [0, 0.05) is 11.3 Å². The Morgan fingerprint density at radius 3 is 2.75 bits per heavy atom. The van der Waals surface area contributed by atoms with Crippen molar-refractivity contribution in [3.8, 4) is 0 Å². The van der Waals surface area contributed by atoms with E-state index in [9.17, 15) is 9.59 Å². The molecule has 24 heavy (non-hydrogen) atoms. The Bertz CT molecular complexity index is 797. The fourth-order valence-corrected chi connectivity index (χ4v) is 3.45. The van der Waals surface area contributed by atoms with E-state index in [0.29, 0.717) is 11.1 Å². The fraction of sp³-hybridized carbons (Fsp3) is 0.389. The third-order valence-electron chi connectivity index (χ3n) is 4.12. The number of rotatable bonds is 5. The number of hydrogen-bond donors (Lipinski definition) is 2. The van der Waals surface area contributed by atoms with Crippen LogP contribution in [0, 0.1) is 0 Å². The maximum Gasteiger partial charge on any atom is 0.254 e. The van der Waals surface area contributed by atoms with Crippen molar-refractivity contribution in [3.05, 3.63) is 51.4 Å². The van der Waals surface area contributed by atoms with Crippen LogP contribution in [0.2, 0.25) is 0 Å². The lowest BCUT2D eigenvalue weighted by Crippen LogP contribution is -2.17. The molecule has 1 aliphatic rings. The van der Waals surface area contributed by atoms with E-state index >= 15 is 0 Å². The number of aromatic amines is 1. The minimum absolute atomic E-state index is 0.0651. The van der Waals surface area contributed by atoms with Gasteiger partial charge in [0.15, 0.2) is 5.16 Å². The SMILES string of the molecule is CC(C)c1ccc(NC(=O)CSc2nc3c(c(=O)[nH]2)CCC3)cc1. The van der Waals surface area contributed by atoms with Gasteiger partial charge in [-0.1, -0.05) is 37.7 Å². The molecule has 1 aromatic carbocycles. The number of nitrogens with one attached hydrogen (secondary N) is 2. The van der Waals surface area contributed by atoms with Crippen LogP contribution >= 0.6 is 11.8 Å². The first-order valence-corrected chi connectivity index (χ1v) is 9.16. The summed E-state index contributed by atoms with van der Waals surface area (Å²) in [6.07, 6.45) is 2.63. The van der Waals surface area contributed by atoms with E-state index in [1.54, 1.807) is 0 Å². The van der Waals surface area contributed by atoms with Crippen molar-refractivity contribution in [1.82, 2.24) is 9.97 Å². The van der Waals surface area contributed by atoms with Gasteiger partial charge in [-0.25, -0.2) is 4.98 Å². The van der Waals surface area contributed by atoms with E-state index in [0.717, 1.165) is 36.2 Å². The number of aryl methyl sites for hydroxylation is 1. The molecule has 0 saturated heterocycles. The predicted octanol–water partition coefficient (Wildman–Crippen LogP) is 3.11. The van der Waals surface area contributed by atoms with Gasteiger partial charge in [-0.15, -0.1) is 0 Å². The van der Waals surface area contributed by atoms with Crippen molar-refractivity contribution >= 4 is 23.4 Å². The summed E-state index contributed by atoms with van der Waals surface area (Å²) in [5, 5.41) is 3.39. The Hall–Kier alpha value is -2.08.